The summed E-state index contributed by atoms with van der Waals surface area (Å²) >= 11 is 0. The molecular formula is C18H23F2N5O2. The van der Waals surface area contributed by atoms with Gasteiger partial charge in [0.2, 0.25) is 5.91 Å². The normalized spacial score (nSPS) is 15.4. The number of imidazole rings is 1. The predicted octanol–water partition coefficient (Wildman–Crippen LogP) is 2.48. The molecule has 7 nitrogen and oxygen atoms in total. The third-order valence-corrected chi connectivity index (χ3v) is 4.90. The van der Waals surface area contributed by atoms with E-state index in [1.54, 1.807) is 13.8 Å². The van der Waals surface area contributed by atoms with Crippen LogP contribution in [0.4, 0.5) is 8.78 Å². The minimum absolute atomic E-state index is 0.140. The summed E-state index contributed by atoms with van der Waals surface area (Å²) in [5, 5.41) is 5.41. The van der Waals surface area contributed by atoms with Gasteiger partial charge >= 0.3 is 0 Å². The highest BCUT2D eigenvalue weighted by Gasteiger charge is 2.33. The number of aromatic nitrogens is 3. The van der Waals surface area contributed by atoms with Crippen molar-refractivity contribution in [2.45, 2.75) is 51.5 Å². The van der Waals surface area contributed by atoms with Crippen LogP contribution in [0.15, 0.2) is 18.6 Å². The van der Waals surface area contributed by atoms with E-state index in [4.69, 9.17) is 0 Å². The van der Waals surface area contributed by atoms with Crippen LogP contribution in [0.25, 0.3) is 5.65 Å². The van der Waals surface area contributed by atoms with Crippen molar-refractivity contribution in [1.82, 2.24) is 25.0 Å². The van der Waals surface area contributed by atoms with Crippen molar-refractivity contribution in [1.29, 1.82) is 0 Å². The van der Waals surface area contributed by atoms with E-state index in [1.165, 1.54) is 35.8 Å². The smallest absolute Gasteiger partial charge is 0.282 e. The Morgan fingerprint density at radius 1 is 1.33 bits per heavy atom. The molecule has 27 heavy (non-hydrogen) atoms. The largest absolute Gasteiger partial charge is 0.354 e. The molecule has 0 aliphatic heterocycles. The summed E-state index contributed by atoms with van der Waals surface area (Å²) in [5.41, 5.74) is -2.05. The van der Waals surface area contributed by atoms with E-state index in [2.05, 4.69) is 20.6 Å². The molecule has 2 aromatic rings. The average molecular weight is 379 g/mol. The van der Waals surface area contributed by atoms with Gasteiger partial charge in [-0.25, -0.2) is 13.8 Å². The first kappa shape index (κ1) is 19.2. The molecule has 2 heterocycles. The first-order chi connectivity index (χ1) is 12.8. The van der Waals surface area contributed by atoms with E-state index in [1.807, 2.05) is 0 Å². The van der Waals surface area contributed by atoms with Crippen LogP contribution < -0.4 is 10.6 Å². The van der Waals surface area contributed by atoms with Gasteiger partial charge in [0.15, 0.2) is 5.65 Å². The number of amides is 2. The zero-order chi connectivity index (χ0) is 19.6. The number of halogens is 2. The highest BCUT2D eigenvalue weighted by atomic mass is 19.3. The number of nitrogens with zero attached hydrogens (tertiary/aromatic N) is 3. The lowest BCUT2D eigenvalue weighted by atomic mass is 10.0. The highest BCUT2D eigenvalue weighted by molar-refractivity contribution is 5.99. The van der Waals surface area contributed by atoms with Gasteiger partial charge in [0.25, 0.3) is 12.3 Å². The molecule has 0 saturated heterocycles. The summed E-state index contributed by atoms with van der Waals surface area (Å²) < 4.78 is 28.0. The first-order valence-corrected chi connectivity index (χ1v) is 9.00. The molecule has 1 fully saturated rings. The second kappa shape index (κ2) is 7.58. The minimum atomic E-state index is -2.93. The van der Waals surface area contributed by atoms with Crippen LogP contribution in [0.3, 0.4) is 0 Å². The third kappa shape index (κ3) is 4.06. The number of hydrogen-bond donors (Lipinski definition) is 2. The second-order valence-corrected chi connectivity index (χ2v) is 7.39. The number of alkyl halides is 2. The fourth-order valence-electron chi connectivity index (χ4n) is 3.38. The van der Waals surface area contributed by atoms with Crippen LogP contribution in [0.2, 0.25) is 0 Å². The molecular weight excluding hydrogens is 356 g/mol. The lowest BCUT2D eigenvalue weighted by Gasteiger charge is -2.26. The van der Waals surface area contributed by atoms with Crippen LogP contribution in [0.5, 0.6) is 0 Å². The SMILES string of the molecule is CC(C)(NC(=O)c1c(C(F)F)nc2cnccn12)C(=O)NCC1CCCC1. The number of carbonyl (C=O) groups is 2. The Morgan fingerprint density at radius 3 is 2.70 bits per heavy atom. The van der Waals surface area contributed by atoms with Gasteiger partial charge in [0.05, 0.1) is 6.20 Å². The van der Waals surface area contributed by atoms with E-state index in [0.717, 1.165) is 12.8 Å². The standard InChI is InChI=1S/C18H23F2N5O2/c1-18(2,17(27)22-9-11-5-3-4-6-11)24-16(26)14-13(15(19)20)23-12-10-21-7-8-25(12)14/h7-8,10-11,15H,3-6,9H2,1-2H3,(H,22,27)(H,24,26). The zero-order valence-electron chi connectivity index (χ0n) is 15.3. The Hall–Kier alpha value is -2.58. The number of fused-ring (bicyclic) bond motifs is 1. The highest BCUT2D eigenvalue weighted by Crippen LogP contribution is 2.25. The monoisotopic (exact) mass is 379 g/mol. The van der Waals surface area contributed by atoms with Crippen LogP contribution >= 0.6 is 0 Å². The van der Waals surface area contributed by atoms with Gasteiger partial charge in [0.1, 0.15) is 16.9 Å². The summed E-state index contributed by atoms with van der Waals surface area (Å²) in [6.45, 7) is 3.64. The maximum absolute atomic E-state index is 13.4. The van der Waals surface area contributed by atoms with Crippen LogP contribution in [0, 0.1) is 5.92 Å². The number of hydrogen-bond acceptors (Lipinski definition) is 4. The third-order valence-electron chi connectivity index (χ3n) is 4.90. The average Bonchev–Trinajstić information content (AvgIpc) is 3.26. The van der Waals surface area contributed by atoms with Crippen molar-refractivity contribution >= 4 is 17.5 Å². The summed E-state index contributed by atoms with van der Waals surface area (Å²) in [6, 6.07) is 0. The Labute approximate surface area is 155 Å². The van der Waals surface area contributed by atoms with Crippen molar-refractivity contribution in [2.24, 2.45) is 5.92 Å². The molecule has 1 aliphatic carbocycles. The molecule has 1 aliphatic rings. The van der Waals surface area contributed by atoms with Gasteiger partial charge < -0.3 is 10.6 Å². The number of carbonyl (C=O) groups excluding carboxylic acids is 2. The second-order valence-electron chi connectivity index (χ2n) is 7.39. The van der Waals surface area contributed by atoms with Gasteiger partial charge in [-0.15, -0.1) is 0 Å². The fourth-order valence-corrected chi connectivity index (χ4v) is 3.38. The quantitative estimate of drug-likeness (QED) is 0.807. The molecule has 3 rings (SSSR count). The topological polar surface area (TPSA) is 88.4 Å². The molecule has 0 radical (unpaired) electrons. The van der Waals surface area contributed by atoms with Crippen molar-refractivity contribution in [2.75, 3.05) is 6.54 Å². The summed E-state index contributed by atoms with van der Waals surface area (Å²) in [4.78, 5) is 32.8. The fraction of sp³-hybridized carbons (Fsp3) is 0.556. The molecule has 2 amide bonds. The molecule has 0 spiro atoms. The predicted molar refractivity (Wildman–Crippen MR) is 94.5 cm³/mol. The molecule has 0 unspecified atom stereocenters. The Balaban J connectivity index is 1.76. The molecule has 146 valence electrons. The van der Waals surface area contributed by atoms with Gasteiger partial charge in [-0.2, -0.15) is 0 Å². The van der Waals surface area contributed by atoms with Crippen LogP contribution in [0.1, 0.15) is 62.1 Å². The zero-order valence-corrected chi connectivity index (χ0v) is 15.3. The molecule has 0 bridgehead atoms. The maximum Gasteiger partial charge on any atom is 0.282 e. The van der Waals surface area contributed by atoms with Gasteiger partial charge in [-0.05, 0) is 32.6 Å². The van der Waals surface area contributed by atoms with Crippen molar-refractivity contribution in [3.8, 4) is 0 Å². The first-order valence-electron chi connectivity index (χ1n) is 9.00. The van der Waals surface area contributed by atoms with E-state index in [9.17, 15) is 18.4 Å². The maximum atomic E-state index is 13.4. The van der Waals surface area contributed by atoms with Crippen molar-refractivity contribution in [3.63, 3.8) is 0 Å². The van der Waals surface area contributed by atoms with Crippen molar-refractivity contribution in [3.05, 3.63) is 30.0 Å². The molecule has 9 heteroatoms. The van der Waals surface area contributed by atoms with E-state index < -0.39 is 23.6 Å². The van der Waals surface area contributed by atoms with E-state index in [-0.39, 0.29) is 17.2 Å². The molecule has 2 N–H and O–H groups in total. The molecule has 1 saturated carbocycles. The van der Waals surface area contributed by atoms with Crippen molar-refractivity contribution < 1.29 is 18.4 Å². The van der Waals surface area contributed by atoms with Crippen LogP contribution in [-0.2, 0) is 4.79 Å². The van der Waals surface area contributed by atoms with Gasteiger partial charge in [-0.1, -0.05) is 12.8 Å². The number of nitrogens with one attached hydrogen (secondary N) is 2. The summed E-state index contributed by atoms with van der Waals surface area (Å²) in [5.74, 6) is -0.681. The van der Waals surface area contributed by atoms with E-state index >= 15 is 0 Å². The molecule has 0 atom stereocenters. The summed E-state index contributed by atoms with van der Waals surface area (Å²) in [6.07, 6.45) is 5.63. The van der Waals surface area contributed by atoms with Gasteiger partial charge in [0, 0.05) is 18.9 Å². The van der Waals surface area contributed by atoms with Gasteiger partial charge in [-0.3, -0.25) is 19.0 Å². The Morgan fingerprint density at radius 2 is 2.04 bits per heavy atom. The molecule has 0 aromatic carbocycles. The van der Waals surface area contributed by atoms with Crippen LogP contribution in [-0.4, -0.2) is 38.3 Å². The Bertz CT molecular complexity index is 843. The summed E-state index contributed by atoms with van der Waals surface area (Å²) in [7, 11) is 0. The molecule has 2 aromatic heterocycles. The number of rotatable bonds is 6. The van der Waals surface area contributed by atoms with E-state index in [0.29, 0.717) is 12.5 Å². The minimum Gasteiger partial charge on any atom is -0.354 e. The lowest BCUT2D eigenvalue weighted by Crippen LogP contribution is -2.55. The lowest BCUT2D eigenvalue weighted by molar-refractivity contribution is -0.126. The Kier molecular flexibility index (Phi) is 5.38.